The van der Waals surface area contributed by atoms with Crippen molar-refractivity contribution in [2.45, 2.75) is 19.2 Å². The van der Waals surface area contributed by atoms with Gasteiger partial charge < -0.3 is 5.32 Å². The predicted octanol–water partition coefficient (Wildman–Crippen LogP) is 2.64. The van der Waals surface area contributed by atoms with Crippen LogP contribution in [-0.2, 0) is 0 Å². The van der Waals surface area contributed by atoms with Crippen molar-refractivity contribution in [1.82, 2.24) is 5.32 Å². The first-order valence-corrected chi connectivity index (χ1v) is 4.58. The van der Waals surface area contributed by atoms with Crippen LogP contribution in [0.4, 0.5) is 0 Å². The van der Waals surface area contributed by atoms with E-state index >= 15 is 0 Å². The molecule has 2 heteroatoms. The van der Waals surface area contributed by atoms with Gasteiger partial charge in [-0.1, -0.05) is 30.5 Å². The Morgan fingerprint density at radius 2 is 2.36 bits per heavy atom. The summed E-state index contributed by atoms with van der Waals surface area (Å²) in [6.45, 7) is 7.87. The van der Waals surface area contributed by atoms with Gasteiger partial charge in [0.15, 0.2) is 0 Å². The minimum absolute atomic E-state index is 0.493. The molecule has 1 saturated heterocycles. The van der Waals surface area contributed by atoms with Crippen LogP contribution in [-0.4, -0.2) is 5.37 Å². The fourth-order valence-electron chi connectivity index (χ4n) is 1.05. The normalized spacial score (nSPS) is 30.9. The summed E-state index contributed by atoms with van der Waals surface area (Å²) in [5, 5.41) is 3.83. The third-order valence-electron chi connectivity index (χ3n) is 1.47. The maximum atomic E-state index is 3.67. The Hall–Kier alpha value is -0.630. The predicted molar refractivity (Wildman–Crippen MR) is 52.2 cm³/mol. The van der Waals surface area contributed by atoms with Gasteiger partial charge in [0, 0.05) is 10.6 Å². The second kappa shape index (κ2) is 3.67. The van der Waals surface area contributed by atoms with Crippen LogP contribution in [0.1, 0.15) is 13.8 Å². The maximum absolute atomic E-state index is 3.67. The van der Waals surface area contributed by atoms with Gasteiger partial charge in [-0.3, -0.25) is 0 Å². The molecule has 0 aromatic carbocycles. The van der Waals surface area contributed by atoms with Gasteiger partial charge in [-0.15, -0.1) is 0 Å². The van der Waals surface area contributed by atoms with Gasteiger partial charge in [0.1, 0.15) is 0 Å². The van der Waals surface area contributed by atoms with Crippen LogP contribution in [0, 0.1) is 0 Å². The average Bonchev–Trinajstić information content (AvgIpc) is 2.32. The van der Waals surface area contributed by atoms with Gasteiger partial charge in [0.05, 0.1) is 5.37 Å². The second-order valence-electron chi connectivity index (χ2n) is 2.37. The van der Waals surface area contributed by atoms with Gasteiger partial charge in [0.2, 0.25) is 0 Å². The van der Waals surface area contributed by atoms with E-state index in [1.807, 2.05) is 23.9 Å². The Bertz CT molecular complexity index is 216. The first kappa shape index (κ1) is 8.47. The molecule has 0 aliphatic carbocycles. The standard InChI is InChI=1S/C9H13NS/c1-4-6-8-9(5-2)11-7(3)10-8/h4-7,10H,1H2,2-3H3/b8-6+,9-5+/t7-/m1/s1. The Kier molecular flexibility index (Phi) is 2.83. The molecule has 1 heterocycles. The first-order valence-electron chi connectivity index (χ1n) is 3.70. The summed E-state index contributed by atoms with van der Waals surface area (Å²) in [5.41, 5.74) is 1.19. The number of thioether (sulfide) groups is 1. The molecule has 1 atom stereocenters. The van der Waals surface area contributed by atoms with Crippen molar-refractivity contribution in [2.24, 2.45) is 0 Å². The monoisotopic (exact) mass is 167 g/mol. The molecule has 1 aliphatic rings. The van der Waals surface area contributed by atoms with E-state index in [-0.39, 0.29) is 0 Å². The van der Waals surface area contributed by atoms with Crippen molar-refractivity contribution in [2.75, 3.05) is 0 Å². The van der Waals surface area contributed by atoms with Crippen LogP contribution in [0.15, 0.2) is 35.4 Å². The van der Waals surface area contributed by atoms with Gasteiger partial charge >= 0.3 is 0 Å². The van der Waals surface area contributed by atoms with Crippen LogP contribution in [0.5, 0.6) is 0 Å². The minimum Gasteiger partial charge on any atom is -0.372 e. The summed E-state index contributed by atoms with van der Waals surface area (Å²) in [6, 6.07) is 0. The number of rotatable bonds is 1. The van der Waals surface area contributed by atoms with Crippen LogP contribution in [0.3, 0.4) is 0 Å². The molecule has 1 fully saturated rings. The summed E-state index contributed by atoms with van der Waals surface area (Å²) in [7, 11) is 0. The molecule has 1 nitrogen and oxygen atoms in total. The highest BCUT2D eigenvalue weighted by molar-refractivity contribution is 8.04. The maximum Gasteiger partial charge on any atom is 0.0741 e. The van der Waals surface area contributed by atoms with E-state index in [1.54, 1.807) is 0 Å². The zero-order chi connectivity index (χ0) is 8.27. The second-order valence-corrected chi connectivity index (χ2v) is 3.76. The zero-order valence-corrected chi connectivity index (χ0v) is 7.74. The van der Waals surface area contributed by atoms with Crippen molar-refractivity contribution in [3.05, 3.63) is 35.4 Å². The van der Waals surface area contributed by atoms with E-state index in [1.165, 1.54) is 10.6 Å². The van der Waals surface area contributed by atoms with Crippen molar-refractivity contribution in [3.63, 3.8) is 0 Å². The van der Waals surface area contributed by atoms with E-state index in [4.69, 9.17) is 0 Å². The SMILES string of the molecule is C=C/C=C1/N[C@@H](C)S/C1=C/C. The molecule has 0 unspecified atom stereocenters. The summed E-state index contributed by atoms with van der Waals surface area (Å²) >= 11 is 1.85. The number of hydrogen-bond donors (Lipinski definition) is 1. The van der Waals surface area contributed by atoms with Crippen molar-refractivity contribution < 1.29 is 0 Å². The lowest BCUT2D eigenvalue weighted by molar-refractivity contribution is 0.844. The smallest absolute Gasteiger partial charge is 0.0741 e. The molecular weight excluding hydrogens is 154 g/mol. The highest BCUT2D eigenvalue weighted by Gasteiger charge is 2.18. The Morgan fingerprint density at radius 3 is 2.91 bits per heavy atom. The van der Waals surface area contributed by atoms with Gasteiger partial charge in [0.25, 0.3) is 0 Å². The molecule has 1 rings (SSSR count). The third-order valence-corrected chi connectivity index (χ3v) is 2.66. The highest BCUT2D eigenvalue weighted by Crippen LogP contribution is 2.32. The van der Waals surface area contributed by atoms with E-state index in [9.17, 15) is 0 Å². The molecule has 0 bridgehead atoms. The highest BCUT2D eigenvalue weighted by atomic mass is 32.2. The summed E-state index contributed by atoms with van der Waals surface area (Å²) < 4.78 is 0. The molecule has 1 N–H and O–H groups in total. The number of allylic oxidation sites excluding steroid dienone is 3. The summed E-state index contributed by atoms with van der Waals surface area (Å²) in [5.74, 6) is 0. The van der Waals surface area contributed by atoms with Gasteiger partial charge in [-0.25, -0.2) is 0 Å². The average molecular weight is 167 g/mol. The van der Waals surface area contributed by atoms with Crippen molar-refractivity contribution in [3.8, 4) is 0 Å². The Labute approximate surface area is 72.3 Å². The van der Waals surface area contributed by atoms with E-state index < -0.39 is 0 Å². The summed E-state index contributed by atoms with van der Waals surface area (Å²) in [6.07, 6.45) is 5.94. The van der Waals surface area contributed by atoms with Crippen LogP contribution >= 0.6 is 11.8 Å². The molecule has 0 saturated carbocycles. The lowest BCUT2D eigenvalue weighted by atomic mass is 10.3. The molecule has 0 radical (unpaired) electrons. The lowest BCUT2D eigenvalue weighted by Gasteiger charge is -1.98. The van der Waals surface area contributed by atoms with Crippen molar-refractivity contribution >= 4 is 11.8 Å². The molecule has 0 amide bonds. The van der Waals surface area contributed by atoms with E-state index in [2.05, 4.69) is 31.8 Å². The summed E-state index contributed by atoms with van der Waals surface area (Å²) in [4.78, 5) is 1.32. The largest absolute Gasteiger partial charge is 0.372 e. The fraction of sp³-hybridized carbons (Fsp3) is 0.333. The van der Waals surface area contributed by atoms with Gasteiger partial charge in [-0.2, -0.15) is 0 Å². The fourth-order valence-corrected chi connectivity index (χ4v) is 2.00. The van der Waals surface area contributed by atoms with Crippen LogP contribution < -0.4 is 5.32 Å². The van der Waals surface area contributed by atoms with E-state index in [0.717, 1.165) is 0 Å². The van der Waals surface area contributed by atoms with E-state index in [0.29, 0.717) is 5.37 Å². The molecule has 11 heavy (non-hydrogen) atoms. The van der Waals surface area contributed by atoms with Crippen LogP contribution in [0.25, 0.3) is 0 Å². The Morgan fingerprint density at radius 1 is 1.64 bits per heavy atom. The molecule has 0 aromatic rings. The van der Waals surface area contributed by atoms with Crippen molar-refractivity contribution in [1.29, 1.82) is 0 Å². The first-order chi connectivity index (χ1) is 5.27. The molecule has 0 aromatic heterocycles. The number of nitrogens with one attached hydrogen (secondary N) is 1. The lowest BCUT2D eigenvalue weighted by Crippen LogP contribution is -2.13. The molecule has 60 valence electrons. The molecular formula is C9H13NS. The number of hydrogen-bond acceptors (Lipinski definition) is 2. The molecule has 1 aliphatic heterocycles. The quantitative estimate of drug-likeness (QED) is 0.644. The third kappa shape index (κ3) is 1.90. The van der Waals surface area contributed by atoms with Crippen LogP contribution in [0.2, 0.25) is 0 Å². The Balaban J connectivity index is 2.81. The molecule has 0 spiro atoms. The minimum atomic E-state index is 0.493. The van der Waals surface area contributed by atoms with Gasteiger partial charge in [-0.05, 0) is 19.9 Å². The topological polar surface area (TPSA) is 12.0 Å². The zero-order valence-electron chi connectivity index (χ0n) is 6.92.